The summed E-state index contributed by atoms with van der Waals surface area (Å²) in [7, 11) is 0. The fourth-order valence-corrected chi connectivity index (χ4v) is 4.04. The number of rotatable bonds is 6. The lowest BCUT2D eigenvalue weighted by atomic mass is 10.1. The monoisotopic (exact) mass is 489 g/mol. The third-order valence-electron chi connectivity index (χ3n) is 5.79. The van der Waals surface area contributed by atoms with E-state index in [0.29, 0.717) is 29.7 Å². The van der Waals surface area contributed by atoms with E-state index in [4.69, 9.17) is 16.3 Å². The average Bonchev–Trinajstić information content (AvgIpc) is 3.20. The number of hydrogen-bond acceptors (Lipinski definition) is 5. The summed E-state index contributed by atoms with van der Waals surface area (Å²) >= 11 is 6.18. The molecule has 0 spiro atoms. The van der Waals surface area contributed by atoms with Gasteiger partial charge >= 0.3 is 0 Å². The predicted molar refractivity (Wildman–Crippen MR) is 121 cm³/mol. The number of aliphatic hydroxyl groups excluding tert-OH is 1. The zero-order valence-electron chi connectivity index (χ0n) is 18.2. The molecule has 2 atom stereocenters. The molecule has 1 aromatic heterocycles. The molecule has 1 aliphatic carbocycles. The Morgan fingerprint density at radius 2 is 2.06 bits per heavy atom. The molecule has 0 bridgehead atoms. The molecule has 0 saturated heterocycles. The zero-order chi connectivity index (χ0) is 24.4. The molecule has 1 amide bonds. The van der Waals surface area contributed by atoms with E-state index in [1.165, 1.54) is 17.0 Å². The van der Waals surface area contributed by atoms with E-state index in [9.17, 15) is 23.5 Å². The van der Waals surface area contributed by atoms with Gasteiger partial charge in [-0.05, 0) is 56.0 Å². The Balaban J connectivity index is 1.57. The molecule has 2 N–H and O–H groups in total. The Kier molecular flexibility index (Phi) is 6.95. The minimum atomic E-state index is -0.791. The first-order valence-electron chi connectivity index (χ1n) is 10.7. The standard InChI is InChI=1S/C24H22ClF2N3O4/c1-13-5-6-14(22(32)29-18-3-2-4-20(18)31)9-19(13)30-12-28-23(21(25)24(30)33)34-11-15-7-8-16(26)10-17(15)27/h5-10,12,18,20,31H,2-4,11H2,1H3,(H,29,32)/t18-,20+/m0/s1. The van der Waals surface area contributed by atoms with Crippen LogP contribution in [0.2, 0.25) is 5.02 Å². The molecule has 34 heavy (non-hydrogen) atoms. The number of halogens is 3. The van der Waals surface area contributed by atoms with E-state index in [-0.39, 0.29) is 35.0 Å². The van der Waals surface area contributed by atoms with Gasteiger partial charge in [0, 0.05) is 17.2 Å². The molecule has 1 saturated carbocycles. The Morgan fingerprint density at radius 1 is 1.26 bits per heavy atom. The van der Waals surface area contributed by atoms with Crippen molar-refractivity contribution < 1.29 is 23.4 Å². The van der Waals surface area contributed by atoms with Crippen molar-refractivity contribution in [2.24, 2.45) is 0 Å². The van der Waals surface area contributed by atoms with Crippen LogP contribution in [0.1, 0.15) is 40.7 Å². The van der Waals surface area contributed by atoms with Gasteiger partial charge < -0.3 is 15.2 Å². The molecule has 10 heteroatoms. The molecule has 3 aromatic rings. The smallest absolute Gasteiger partial charge is 0.280 e. The second kappa shape index (κ2) is 9.90. The molecule has 0 radical (unpaired) electrons. The van der Waals surface area contributed by atoms with Gasteiger partial charge in [0.2, 0.25) is 5.88 Å². The van der Waals surface area contributed by atoms with Crippen LogP contribution in [0.5, 0.6) is 5.88 Å². The highest BCUT2D eigenvalue weighted by molar-refractivity contribution is 6.31. The Hall–Kier alpha value is -3.30. The number of amides is 1. The topological polar surface area (TPSA) is 93.5 Å². The maximum absolute atomic E-state index is 13.8. The third-order valence-corrected chi connectivity index (χ3v) is 6.11. The SMILES string of the molecule is Cc1ccc(C(=O)N[C@H]2CCC[C@H]2O)cc1-n1cnc(OCc2ccc(F)cc2F)c(Cl)c1=O. The highest BCUT2D eigenvalue weighted by Crippen LogP contribution is 2.23. The fourth-order valence-electron chi connectivity index (χ4n) is 3.84. The van der Waals surface area contributed by atoms with E-state index < -0.39 is 23.3 Å². The quantitative estimate of drug-likeness (QED) is 0.551. The number of nitrogens with one attached hydrogen (secondary N) is 1. The van der Waals surface area contributed by atoms with Crippen molar-refractivity contribution in [2.75, 3.05) is 0 Å². The molecule has 2 aromatic carbocycles. The zero-order valence-corrected chi connectivity index (χ0v) is 19.0. The Morgan fingerprint density at radius 3 is 2.76 bits per heavy atom. The number of ether oxygens (including phenoxy) is 1. The van der Waals surface area contributed by atoms with Crippen LogP contribution in [0.25, 0.3) is 5.69 Å². The number of aliphatic hydroxyl groups is 1. The number of aromatic nitrogens is 2. The molecule has 1 fully saturated rings. The molecule has 0 aliphatic heterocycles. The van der Waals surface area contributed by atoms with E-state index in [2.05, 4.69) is 10.3 Å². The molecule has 1 aliphatic rings. The summed E-state index contributed by atoms with van der Waals surface area (Å²) in [6.45, 7) is 1.46. The summed E-state index contributed by atoms with van der Waals surface area (Å²) in [6, 6.07) is 7.60. The first kappa shape index (κ1) is 23.8. The number of hydrogen-bond donors (Lipinski definition) is 2. The summed E-state index contributed by atoms with van der Waals surface area (Å²) in [5, 5.41) is 12.5. The molecule has 178 valence electrons. The molecular weight excluding hydrogens is 468 g/mol. The summed E-state index contributed by atoms with van der Waals surface area (Å²) in [6.07, 6.45) is 2.82. The van der Waals surface area contributed by atoms with Crippen LogP contribution in [0.4, 0.5) is 8.78 Å². The normalized spacial score (nSPS) is 17.6. The lowest BCUT2D eigenvalue weighted by molar-refractivity contribution is 0.0873. The second-order valence-corrected chi connectivity index (χ2v) is 8.52. The van der Waals surface area contributed by atoms with Gasteiger partial charge in [0.1, 0.15) is 24.6 Å². The van der Waals surface area contributed by atoms with Gasteiger partial charge in [-0.25, -0.2) is 13.8 Å². The predicted octanol–water partition coefficient (Wildman–Crippen LogP) is 3.69. The van der Waals surface area contributed by atoms with Crippen molar-refractivity contribution in [3.05, 3.63) is 86.4 Å². The van der Waals surface area contributed by atoms with Gasteiger partial charge in [0.25, 0.3) is 11.5 Å². The second-order valence-electron chi connectivity index (χ2n) is 8.14. The van der Waals surface area contributed by atoms with Crippen molar-refractivity contribution in [3.8, 4) is 11.6 Å². The number of benzene rings is 2. The number of aryl methyl sites for hydroxylation is 1. The summed E-state index contributed by atoms with van der Waals surface area (Å²) in [5.74, 6) is -2.07. The summed E-state index contributed by atoms with van der Waals surface area (Å²) < 4.78 is 33.5. The van der Waals surface area contributed by atoms with Crippen molar-refractivity contribution in [1.29, 1.82) is 0 Å². The number of nitrogens with zero attached hydrogens (tertiary/aromatic N) is 2. The maximum Gasteiger partial charge on any atom is 0.280 e. The Labute approximate surface area is 199 Å². The number of carbonyl (C=O) groups excluding carboxylic acids is 1. The molecular formula is C24H22ClF2N3O4. The van der Waals surface area contributed by atoms with Crippen molar-refractivity contribution in [1.82, 2.24) is 14.9 Å². The van der Waals surface area contributed by atoms with Crippen molar-refractivity contribution in [3.63, 3.8) is 0 Å². The minimum absolute atomic E-state index is 0.0744. The van der Waals surface area contributed by atoms with Crippen LogP contribution in [0.15, 0.2) is 47.5 Å². The lowest BCUT2D eigenvalue weighted by Crippen LogP contribution is -2.39. The molecule has 7 nitrogen and oxygen atoms in total. The molecule has 4 rings (SSSR count). The van der Waals surface area contributed by atoms with Crippen molar-refractivity contribution in [2.45, 2.75) is 44.9 Å². The summed E-state index contributed by atoms with van der Waals surface area (Å²) in [4.78, 5) is 29.7. The molecule has 1 heterocycles. The van der Waals surface area contributed by atoms with E-state index >= 15 is 0 Å². The van der Waals surface area contributed by atoms with Crippen molar-refractivity contribution >= 4 is 17.5 Å². The van der Waals surface area contributed by atoms with Crippen LogP contribution >= 0.6 is 11.6 Å². The minimum Gasteiger partial charge on any atom is -0.471 e. The van der Waals surface area contributed by atoms with Crippen LogP contribution in [-0.4, -0.2) is 32.7 Å². The van der Waals surface area contributed by atoms with Crippen LogP contribution in [0.3, 0.4) is 0 Å². The van der Waals surface area contributed by atoms with Crippen LogP contribution < -0.4 is 15.6 Å². The van der Waals surface area contributed by atoms with Gasteiger partial charge in [-0.2, -0.15) is 0 Å². The van der Waals surface area contributed by atoms with E-state index in [1.807, 2.05) is 0 Å². The fraction of sp³-hybridized carbons (Fsp3) is 0.292. The third kappa shape index (κ3) is 4.95. The number of carbonyl (C=O) groups is 1. The van der Waals surface area contributed by atoms with Gasteiger partial charge in [0.05, 0.1) is 17.8 Å². The van der Waals surface area contributed by atoms with E-state index in [1.54, 1.807) is 25.1 Å². The van der Waals surface area contributed by atoms with E-state index in [0.717, 1.165) is 18.6 Å². The highest BCUT2D eigenvalue weighted by Gasteiger charge is 2.27. The Bertz CT molecular complexity index is 1300. The largest absolute Gasteiger partial charge is 0.471 e. The average molecular weight is 490 g/mol. The molecule has 0 unspecified atom stereocenters. The van der Waals surface area contributed by atoms with Gasteiger partial charge in [0.15, 0.2) is 5.02 Å². The van der Waals surface area contributed by atoms with Crippen LogP contribution in [0, 0.1) is 18.6 Å². The first-order chi connectivity index (χ1) is 16.2. The van der Waals surface area contributed by atoms with Crippen LogP contribution in [-0.2, 0) is 6.61 Å². The van der Waals surface area contributed by atoms with Gasteiger partial charge in [-0.3, -0.25) is 14.2 Å². The van der Waals surface area contributed by atoms with Gasteiger partial charge in [-0.1, -0.05) is 17.7 Å². The lowest BCUT2D eigenvalue weighted by Gasteiger charge is -2.17. The first-order valence-corrected chi connectivity index (χ1v) is 11.1. The maximum atomic E-state index is 13.8. The summed E-state index contributed by atoms with van der Waals surface area (Å²) in [5.41, 5.74) is 0.841. The van der Waals surface area contributed by atoms with Gasteiger partial charge in [-0.15, -0.1) is 0 Å². The highest BCUT2D eigenvalue weighted by atomic mass is 35.5.